The molecule has 0 amide bonds. The normalized spacial score (nSPS) is 17.6. The van der Waals surface area contributed by atoms with E-state index in [0.717, 1.165) is 25.3 Å². The third kappa shape index (κ3) is 2.86. The molecule has 16 heavy (non-hydrogen) atoms. The molecule has 1 unspecified atom stereocenters. The molecule has 0 aliphatic heterocycles. The largest absolute Gasteiger partial charge is 0.396 e. The zero-order chi connectivity index (χ0) is 11.4. The van der Waals surface area contributed by atoms with Crippen molar-refractivity contribution in [1.29, 1.82) is 0 Å². The molecule has 0 spiro atoms. The molecule has 0 aromatic carbocycles. The fourth-order valence-corrected chi connectivity index (χ4v) is 2.29. The van der Waals surface area contributed by atoms with E-state index in [9.17, 15) is 0 Å². The topological polar surface area (TPSA) is 37.2 Å². The van der Waals surface area contributed by atoms with Gasteiger partial charge in [-0.1, -0.05) is 0 Å². The minimum Gasteiger partial charge on any atom is -0.396 e. The lowest BCUT2D eigenvalue weighted by atomic mass is 10.1. The van der Waals surface area contributed by atoms with Gasteiger partial charge >= 0.3 is 0 Å². The molecule has 90 valence electrons. The summed E-state index contributed by atoms with van der Waals surface area (Å²) >= 11 is 0. The number of aliphatic hydroxyl groups is 1. The van der Waals surface area contributed by atoms with E-state index in [1.165, 1.54) is 18.4 Å². The number of nitrogens with zero attached hydrogens (tertiary/aromatic N) is 1. The maximum atomic E-state index is 8.74. The number of nitrogens with one attached hydrogen (secondary N) is 1. The highest BCUT2D eigenvalue weighted by molar-refractivity contribution is 5.18. The van der Waals surface area contributed by atoms with Crippen molar-refractivity contribution < 1.29 is 5.11 Å². The molecule has 1 atom stereocenters. The van der Waals surface area contributed by atoms with Gasteiger partial charge in [-0.3, -0.25) is 0 Å². The molecule has 1 fully saturated rings. The van der Waals surface area contributed by atoms with E-state index in [1.807, 2.05) is 7.05 Å². The Kier molecular flexibility index (Phi) is 4.02. The molecular formula is C13H22N2O. The molecule has 3 heteroatoms. The van der Waals surface area contributed by atoms with Crippen molar-refractivity contribution in [3.63, 3.8) is 0 Å². The van der Waals surface area contributed by atoms with Gasteiger partial charge < -0.3 is 15.0 Å². The quantitative estimate of drug-likeness (QED) is 0.692. The highest BCUT2D eigenvalue weighted by atomic mass is 16.2. The maximum absolute atomic E-state index is 8.74. The van der Waals surface area contributed by atoms with Gasteiger partial charge in [0.15, 0.2) is 0 Å². The van der Waals surface area contributed by atoms with Gasteiger partial charge in [-0.25, -0.2) is 0 Å². The molecule has 0 saturated heterocycles. The van der Waals surface area contributed by atoms with E-state index >= 15 is 0 Å². The van der Waals surface area contributed by atoms with Crippen molar-refractivity contribution in [2.75, 3.05) is 13.7 Å². The van der Waals surface area contributed by atoms with Gasteiger partial charge in [0.05, 0.1) is 0 Å². The molecule has 1 aliphatic carbocycles. The number of rotatable bonds is 7. The van der Waals surface area contributed by atoms with Crippen molar-refractivity contribution in [2.24, 2.45) is 5.92 Å². The summed E-state index contributed by atoms with van der Waals surface area (Å²) in [7, 11) is 2.05. The molecule has 1 aromatic rings. The van der Waals surface area contributed by atoms with Crippen LogP contribution in [-0.2, 0) is 6.54 Å². The molecule has 2 N–H and O–H groups in total. The molecule has 0 radical (unpaired) electrons. The maximum Gasteiger partial charge on any atom is 0.0431 e. The Morgan fingerprint density at radius 2 is 2.31 bits per heavy atom. The van der Waals surface area contributed by atoms with Gasteiger partial charge in [0.1, 0.15) is 0 Å². The van der Waals surface area contributed by atoms with E-state index in [-0.39, 0.29) is 0 Å². The molecule has 3 nitrogen and oxygen atoms in total. The number of hydrogen-bond acceptors (Lipinski definition) is 2. The summed E-state index contributed by atoms with van der Waals surface area (Å²) in [5.74, 6) is 0.846. The van der Waals surface area contributed by atoms with Crippen molar-refractivity contribution in [1.82, 2.24) is 9.88 Å². The van der Waals surface area contributed by atoms with Gasteiger partial charge in [-0.2, -0.15) is 0 Å². The van der Waals surface area contributed by atoms with E-state index in [0.29, 0.717) is 12.6 Å². The summed E-state index contributed by atoms with van der Waals surface area (Å²) in [6.07, 6.45) is 9.07. The molecule has 1 heterocycles. The summed E-state index contributed by atoms with van der Waals surface area (Å²) in [6, 6.07) is 2.76. The van der Waals surface area contributed by atoms with Gasteiger partial charge in [-0.15, -0.1) is 0 Å². The van der Waals surface area contributed by atoms with Crippen molar-refractivity contribution in [3.8, 4) is 0 Å². The molecule has 1 aromatic heterocycles. The number of aryl methyl sites for hydroxylation is 1. The zero-order valence-corrected chi connectivity index (χ0v) is 10.0. The van der Waals surface area contributed by atoms with Gasteiger partial charge in [0.2, 0.25) is 0 Å². The predicted octanol–water partition coefficient (Wildman–Crippen LogP) is 1.93. The zero-order valence-electron chi connectivity index (χ0n) is 10.0. The lowest BCUT2D eigenvalue weighted by Crippen LogP contribution is -2.17. The van der Waals surface area contributed by atoms with Crippen molar-refractivity contribution in [3.05, 3.63) is 24.0 Å². The number of aromatic nitrogens is 1. The molecule has 1 saturated carbocycles. The molecule has 1 aliphatic rings. The smallest absolute Gasteiger partial charge is 0.0431 e. The lowest BCUT2D eigenvalue weighted by molar-refractivity contribution is 0.281. The third-order valence-electron chi connectivity index (χ3n) is 3.36. The van der Waals surface area contributed by atoms with Crippen LogP contribution < -0.4 is 5.32 Å². The summed E-state index contributed by atoms with van der Waals surface area (Å²) < 4.78 is 2.23. The Bertz CT molecular complexity index is 317. The summed E-state index contributed by atoms with van der Waals surface area (Å²) in [5.41, 5.74) is 1.41. The fourth-order valence-electron chi connectivity index (χ4n) is 2.29. The molecule has 0 bridgehead atoms. The van der Waals surface area contributed by atoms with Crippen LogP contribution >= 0.6 is 0 Å². The first kappa shape index (κ1) is 11.7. The standard InChI is InChI=1S/C13H22N2O/c1-14-13(11-4-5-11)12-6-8-15(10-12)7-2-3-9-16/h6,8,10-11,13-14,16H,2-5,7,9H2,1H3. The molecule has 2 rings (SSSR count). The Balaban J connectivity index is 1.90. The van der Waals surface area contributed by atoms with Crippen LogP contribution in [0.4, 0.5) is 0 Å². The first-order valence-corrected chi connectivity index (χ1v) is 6.29. The first-order chi connectivity index (χ1) is 7.85. The van der Waals surface area contributed by atoms with E-state index in [1.54, 1.807) is 0 Å². The van der Waals surface area contributed by atoms with Crippen LogP contribution in [0.15, 0.2) is 18.5 Å². The Morgan fingerprint density at radius 3 is 2.94 bits per heavy atom. The number of hydrogen-bond donors (Lipinski definition) is 2. The van der Waals surface area contributed by atoms with Gasteiger partial charge in [-0.05, 0) is 50.3 Å². The monoisotopic (exact) mass is 222 g/mol. The van der Waals surface area contributed by atoms with Crippen LogP contribution in [0.5, 0.6) is 0 Å². The van der Waals surface area contributed by atoms with Crippen LogP contribution in [-0.4, -0.2) is 23.3 Å². The summed E-state index contributed by atoms with van der Waals surface area (Å²) in [4.78, 5) is 0. The predicted molar refractivity (Wildman–Crippen MR) is 65.3 cm³/mol. The lowest BCUT2D eigenvalue weighted by Gasteiger charge is -2.13. The third-order valence-corrected chi connectivity index (χ3v) is 3.36. The Hall–Kier alpha value is -0.800. The number of unbranched alkanes of at least 4 members (excludes halogenated alkanes) is 1. The van der Waals surface area contributed by atoms with Crippen molar-refractivity contribution in [2.45, 2.75) is 38.3 Å². The number of aliphatic hydroxyl groups excluding tert-OH is 1. The minimum absolute atomic E-state index is 0.301. The van der Waals surface area contributed by atoms with Crippen LogP contribution in [0, 0.1) is 5.92 Å². The second kappa shape index (κ2) is 5.51. The fraction of sp³-hybridized carbons (Fsp3) is 0.692. The summed E-state index contributed by atoms with van der Waals surface area (Å²) in [5, 5.41) is 12.1. The average molecular weight is 222 g/mol. The van der Waals surface area contributed by atoms with E-state index < -0.39 is 0 Å². The van der Waals surface area contributed by atoms with Crippen LogP contribution in [0.1, 0.15) is 37.3 Å². The second-order valence-electron chi connectivity index (χ2n) is 4.72. The highest BCUT2D eigenvalue weighted by Crippen LogP contribution is 2.40. The molecular weight excluding hydrogens is 200 g/mol. The van der Waals surface area contributed by atoms with Crippen molar-refractivity contribution >= 4 is 0 Å². The average Bonchev–Trinajstić information content (AvgIpc) is 3.01. The summed E-state index contributed by atoms with van der Waals surface area (Å²) in [6.45, 7) is 1.32. The van der Waals surface area contributed by atoms with Crippen LogP contribution in [0.25, 0.3) is 0 Å². The van der Waals surface area contributed by atoms with Gasteiger partial charge in [0, 0.05) is 31.6 Å². The highest BCUT2D eigenvalue weighted by Gasteiger charge is 2.31. The SMILES string of the molecule is CNC(c1ccn(CCCCO)c1)C1CC1. The Morgan fingerprint density at radius 1 is 1.50 bits per heavy atom. The van der Waals surface area contributed by atoms with E-state index in [2.05, 4.69) is 28.3 Å². The Labute approximate surface area is 97.5 Å². The first-order valence-electron chi connectivity index (χ1n) is 6.29. The van der Waals surface area contributed by atoms with Gasteiger partial charge in [0.25, 0.3) is 0 Å². The second-order valence-corrected chi connectivity index (χ2v) is 4.72. The van der Waals surface area contributed by atoms with Crippen LogP contribution in [0.2, 0.25) is 0 Å². The van der Waals surface area contributed by atoms with E-state index in [4.69, 9.17) is 5.11 Å². The minimum atomic E-state index is 0.301. The van der Waals surface area contributed by atoms with Crippen LogP contribution in [0.3, 0.4) is 0 Å².